The van der Waals surface area contributed by atoms with Crippen molar-refractivity contribution in [3.63, 3.8) is 0 Å². The molecule has 1 fully saturated rings. The third-order valence-corrected chi connectivity index (χ3v) is 7.49. The molecule has 5 nitrogen and oxygen atoms in total. The third kappa shape index (κ3) is 6.30. The quantitative estimate of drug-likeness (QED) is 0.518. The van der Waals surface area contributed by atoms with E-state index < -0.39 is 5.97 Å². The summed E-state index contributed by atoms with van der Waals surface area (Å²) < 4.78 is 13.7. The van der Waals surface area contributed by atoms with E-state index in [0.717, 1.165) is 61.0 Å². The summed E-state index contributed by atoms with van der Waals surface area (Å²) in [6.07, 6.45) is 12.5. The summed E-state index contributed by atoms with van der Waals surface area (Å²) in [7, 11) is 0. The van der Waals surface area contributed by atoms with E-state index in [2.05, 4.69) is 22.8 Å². The van der Waals surface area contributed by atoms with Gasteiger partial charge >= 0.3 is 5.97 Å². The first kappa shape index (κ1) is 23.6. The molecule has 2 aliphatic rings. The van der Waals surface area contributed by atoms with Crippen LogP contribution in [0.5, 0.6) is 0 Å². The van der Waals surface area contributed by atoms with E-state index in [-0.39, 0.29) is 18.2 Å². The van der Waals surface area contributed by atoms with Gasteiger partial charge in [0.25, 0.3) is 0 Å². The Hall–Kier alpha value is -2.51. The maximum Gasteiger partial charge on any atom is 0.303 e. The summed E-state index contributed by atoms with van der Waals surface area (Å²) in [5, 5.41) is 10.1. The summed E-state index contributed by atoms with van der Waals surface area (Å²) in [6, 6.07) is 7.08. The maximum atomic E-state index is 13.7. The Morgan fingerprint density at radius 1 is 1.33 bits per heavy atom. The van der Waals surface area contributed by atoms with Crippen LogP contribution in [0, 0.1) is 11.7 Å². The Bertz CT molecular complexity index is 1020. The molecule has 2 aromatic rings. The Morgan fingerprint density at radius 2 is 2.21 bits per heavy atom. The fourth-order valence-electron chi connectivity index (χ4n) is 4.77. The number of anilines is 1. The average Bonchev–Trinajstić information content (AvgIpc) is 3.28. The molecule has 1 aliphatic heterocycles. The molecule has 33 heavy (non-hydrogen) atoms. The summed E-state index contributed by atoms with van der Waals surface area (Å²) in [6.45, 7) is 5.94. The molecule has 1 aliphatic carbocycles. The second kappa shape index (κ2) is 11.1. The molecule has 0 spiro atoms. The number of benzene rings is 1. The van der Waals surface area contributed by atoms with Crippen LogP contribution in [0.1, 0.15) is 39.0 Å². The highest BCUT2D eigenvalue weighted by molar-refractivity contribution is 7.18. The van der Waals surface area contributed by atoms with Gasteiger partial charge in [0, 0.05) is 38.4 Å². The van der Waals surface area contributed by atoms with Gasteiger partial charge in [0.2, 0.25) is 0 Å². The standard InChI is InChI=1S/C26H32FN3O2S/c1-2-3-10-23-18-29(17-20-7-4-6-19(13-20)14-25(31)32)11-12-30(23)26-28-16-24(33-26)21-8-5-9-22(27)15-21/h4-9,15-16,19,23H,2-3,10-14,17-18H2,1H3,(H,31,32)/t19?,23-/m1/s1. The van der Waals surface area contributed by atoms with E-state index >= 15 is 0 Å². The van der Waals surface area contributed by atoms with Crippen molar-refractivity contribution in [2.45, 2.75) is 45.1 Å². The SMILES string of the molecule is CCCC[C@@H]1CN(CC2=CC=CC(CC(=O)O)C2)CCN1c1ncc(-c2cccc(F)c2)s1. The molecule has 1 saturated heterocycles. The zero-order chi connectivity index (χ0) is 23.2. The molecule has 2 heterocycles. The van der Waals surface area contributed by atoms with Crippen LogP contribution in [-0.4, -0.2) is 53.2 Å². The topological polar surface area (TPSA) is 56.7 Å². The van der Waals surface area contributed by atoms with Crippen LogP contribution in [-0.2, 0) is 4.79 Å². The molecule has 1 N–H and O–H groups in total. The number of carboxylic acid groups (broad SMARTS) is 1. The number of carboxylic acids is 1. The minimum atomic E-state index is -0.736. The Balaban J connectivity index is 1.42. The number of rotatable bonds is 9. The fraction of sp³-hybridized carbons (Fsp3) is 0.462. The molecular weight excluding hydrogens is 437 g/mol. The van der Waals surface area contributed by atoms with E-state index in [1.54, 1.807) is 23.5 Å². The van der Waals surface area contributed by atoms with Gasteiger partial charge in [0.15, 0.2) is 5.13 Å². The summed E-state index contributed by atoms with van der Waals surface area (Å²) >= 11 is 1.63. The number of halogens is 1. The van der Waals surface area contributed by atoms with Gasteiger partial charge in [-0.1, -0.05) is 67.0 Å². The average molecular weight is 470 g/mol. The fourth-order valence-corrected chi connectivity index (χ4v) is 5.78. The predicted molar refractivity (Wildman–Crippen MR) is 132 cm³/mol. The minimum absolute atomic E-state index is 0.0937. The number of aliphatic carboxylic acids is 1. The Kier molecular flexibility index (Phi) is 7.93. The molecule has 2 atom stereocenters. The summed E-state index contributed by atoms with van der Waals surface area (Å²) in [4.78, 5) is 21.7. The number of carbonyl (C=O) groups is 1. The lowest BCUT2D eigenvalue weighted by molar-refractivity contribution is -0.137. The van der Waals surface area contributed by atoms with Gasteiger partial charge in [-0.25, -0.2) is 9.37 Å². The Morgan fingerprint density at radius 3 is 3.00 bits per heavy atom. The molecule has 0 saturated carbocycles. The predicted octanol–water partition coefficient (Wildman–Crippen LogP) is 5.61. The van der Waals surface area contributed by atoms with E-state index in [4.69, 9.17) is 10.1 Å². The van der Waals surface area contributed by atoms with Gasteiger partial charge in [0.1, 0.15) is 5.82 Å². The zero-order valence-corrected chi connectivity index (χ0v) is 19.9. The second-order valence-electron chi connectivity index (χ2n) is 9.01. The van der Waals surface area contributed by atoms with Crippen LogP contribution in [0.2, 0.25) is 0 Å². The summed E-state index contributed by atoms with van der Waals surface area (Å²) in [5.74, 6) is -0.870. The lowest BCUT2D eigenvalue weighted by atomic mass is 9.91. The highest BCUT2D eigenvalue weighted by atomic mass is 32.1. The smallest absolute Gasteiger partial charge is 0.303 e. The minimum Gasteiger partial charge on any atom is -0.481 e. The van der Waals surface area contributed by atoms with Crippen molar-refractivity contribution in [2.24, 2.45) is 5.92 Å². The largest absolute Gasteiger partial charge is 0.481 e. The first-order valence-corrected chi connectivity index (χ1v) is 12.6. The van der Waals surface area contributed by atoms with Crippen LogP contribution in [0.4, 0.5) is 9.52 Å². The normalized spacial score (nSPS) is 21.3. The molecule has 4 rings (SSSR count). The lowest BCUT2D eigenvalue weighted by Crippen LogP contribution is -2.53. The van der Waals surface area contributed by atoms with Crippen LogP contribution in [0.15, 0.2) is 54.3 Å². The van der Waals surface area contributed by atoms with Gasteiger partial charge < -0.3 is 10.0 Å². The van der Waals surface area contributed by atoms with Crippen LogP contribution < -0.4 is 4.90 Å². The van der Waals surface area contributed by atoms with Crippen LogP contribution in [0.25, 0.3) is 10.4 Å². The van der Waals surface area contributed by atoms with Crippen molar-refractivity contribution in [3.8, 4) is 10.4 Å². The van der Waals surface area contributed by atoms with Gasteiger partial charge in [-0.2, -0.15) is 0 Å². The van der Waals surface area contributed by atoms with E-state index in [0.29, 0.717) is 6.04 Å². The molecular formula is C26H32FN3O2S. The van der Waals surface area contributed by atoms with E-state index in [1.165, 1.54) is 18.1 Å². The first-order chi connectivity index (χ1) is 16.0. The number of hydrogen-bond acceptors (Lipinski definition) is 5. The Labute approximate surface area is 199 Å². The zero-order valence-electron chi connectivity index (χ0n) is 19.1. The maximum absolute atomic E-state index is 13.7. The second-order valence-corrected chi connectivity index (χ2v) is 10.0. The van der Waals surface area contributed by atoms with Crippen molar-refractivity contribution < 1.29 is 14.3 Å². The molecule has 1 aromatic carbocycles. The number of aromatic nitrogens is 1. The third-order valence-electron chi connectivity index (χ3n) is 6.41. The number of unbranched alkanes of at least 4 members (excludes halogenated alkanes) is 1. The summed E-state index contributed by atoms with van der Waals surface area (Å²) in [5.41, 5.74) is 2.18. The molecule has 0 amide bonds. The van der Waals surface area contributed by atoms with Crippen molar-refractivity contribution in [1.82, 2.24) is 9.88 Å². The number of hydrogen-bond donors (Lipinski definition) is 1. The highest BCUT2D eigenvalue weighted by Gasteiger charge is 2.29. The molecule has 0 bridgehead atoms. The lowest BCUT2D eigenvalue weighted by Gasteiger charge is -2.42. The van der Waals surface area contributed by atoms with Crippen molar-refractivity contribution in [3.05, 3.63) is 60.1 Å². The number of thiazole rings is 1. The monoisotopic (exact) mass is 469 g/mol. The molecule has 0 radical (unpaired) electrons. The van der Waals surface area contributed by atoms with Crippen LogP contribution in [0.3, 0.4) is 0 Å². The van der Waals surface area contributed by atoms with Crippen LogP contribution >= 0.6 is 11.3 Å². The van der Waals surface area contributed by atoms with Gasteiger partial charge in [-0.3, -0.25) is 9.69 Å². The molecule has 1 aromatic heterocycles. The molecule has 1 unspecified atom stereocenters. The number of allylic oxidation sites excluding steroid dienone is 3. The highest BCUT2D eigenvalue weighted by Crippen LogP contribution is 2.34. The van der Waals surface area contributed by atoms with Crippen molar-refractivity contribution in [1.29, 1.82) is 0 Å². The van der Waals surface area contributed by atoms with E-state index in [9.17, 15) is 9.18 Å². The first-order valence-electron chi connectivity index (χ1n) is 11.8. The van der Waals surface area contributed by atoms with Gasteiger partial charge in [-0.05, 0) is 36.5 Å². The van der Waals surface area contributed by atoms with E-state index in [1.807, 2.05) is 24.4 Å². The molecule has 176 valence electrons. The number of nitrogens with zero attached hydrogens (tertiary/aromatic N) is 3. The van der Waals surface area contributed by atoms with Gasteiger partial charge in [0.05, 0.1) is 11.3 Å². The molecule has 7 heteroatoms. The number of piperazine rings is 1. The van der Waals surface area contributed by atoms with Crippen molar-refractivity contribution in [2.75, 3.05) is 31.1 Å². The van der Waals surface area contributed by atoms with Gasteiger partial charge in [-0.15, -0.1) is 0 Å². The van der Waals surface area contributed by atoms with Crippen molar-refractivity contribution >= 4 is 22.4 Å².